The van der Waals surface area contributed by atoms with Crippen molar-refractivity contribution in [1.29, 1.82) is 5.26 Å². The van der Waals surface area contributed by atoms with Crippen molar-refractivity contribution in [2.24, 2.45) is 0 Å². The highest BCUT2D eigenvalue weighted by molar-refractivity contribution is 5.55. The van der Waals surface area contributed by atoms with Crippen LogP contribution in [-0.4, -0.2) is 44.2 Å². The molecule has 1 heterocycles. The Hall–Kier alpha value is -2.72. The van der Waals surface area contributed by atoms with Crippen LogP contribution in [0.5, 0.6) is 0 Å². The van der Waals surface area contributed by atoms with Crippen molar-refractivity contribution in [2.45, 2.75) is 13.1 Å². The third kappa shape index (κ3) is 5.89. The number of rotatable bonds is 7. The zero-order valence-corrected chi connectivity index (χ0v) is 15.9. The van der Waals surface area contributed by atoms with Crippen molar-refractivity contribution in [1.82, 2.24) is 4.90 Å². The lowest BCUT2D eigenvalue weighted by atomic mass is 10.1. The Balaban J connectivity index is 1.90. The van der Waals surface area contributed by atoms with Gasteiger partial charge in [-0.05, 0) is 37.3 Å². The van der Waals surface area contributed by atoms with E-state index in [0.717, 1.165) is 25.7 Å². The first-order chi connectivity index (χ1) is 13.4. The van der Waals surface area contributed by atoms with Gasteiger partial charge in [-0.1, -0.05) is 18.7 Å². The molecule has 1 saturated heterocycles. The second-order valence-corrected chi connectivity index (χ2v) is 6.32. The summed E-state index contributed by atoms with van der Waals surface area (Å²) in [4.78, 5) is 4.12. The fourth-order valence-electron chi connectivity index (χ4n) is 2.95. The largest absolute Gasteiger partial charge is 0.492 e. The van der Waals surface area contributed by atoms with Crippen LogP contribution < -0.4 is 4.90 Å². The molecule has 0 atom stereocenters. The maximum atomic E-state index is 13.1. The monoisotopic (exact) mass is 391 g/mol. The number of allylic oxidation sites excluding steroid dienone is 4. The molecule has 1 aliphatic rings. The van der Waals surface area contributed by atoms with Gasteiger partial charge in [0, 0.05) is 38.4 Å². The minimum Gasteiger partial charge on any atom is -0.492 e. The summed E-state index contributed by atoms with van der Waals surface area (Å²) in [6.07, 6.45) is 2.74. The number of halogens is 3. The standard InChI is InChI=1S/C21H24F3N3O/c1-3-5-6-19(4-2)28-14-13-26-9-11-27(12-10-26)18-8-7-17(16-25)20(15-18)21(22,23)24/h3-8,15H,2,9-14H2,1H3/b5-3-,19-6+. The van der Waals surface area contributed by atoms with Gasteiger partial charge in [0.25, 0.3) is 0 Å². The van der Waals surface area contributed by atoms with Gasteiger partial charge in [-0.2, -0.15) is 18.4 Å². The molecule has 0 N–H and O–H groups in total. The van der Waals surface area contributed by atoms with Gasteiger partial charge in [-0.15, -0.1) is 0 Å². The van der Waals surface area contributed by atoms with Crippen molar-refractivity contribution in [2.75, 3.05) is 44.2 Å². The molecule has 0 saturated carbocycles. The summed E-state index contributed by atoms with van der Waals surface area (Å²) in [5.41, 5.74) is -0.741. The zero-order valence-electron chi connectivity index (χ0n) is 15.9. The molecule has 0 unspecified atom stereocenters. The number of anilines is 1. The fourth-order valence-corrected chi connectivity index (χ4v) is 2.95. The highest BCUT2D eigenvalue weighted by atomic mass is 19.4. The van der Waals surface area contributed by atoms with Crippen LogP contribution >= 0.6 is 0 Å². The summed E-state index contributed by atoms with van der Waals surface area (Å²) >= 11 is 0. The number of nitrogens with zero attached hydrogens (tertiary/aromatic N) is 3. The van der Waals surface area contributed by atoms with Crippen molar-refractivity contribution in [3.8, 4) is 6.07 Å². The number of ether oxygens (including phenoxy) is 1. The van der Waals surface area contributed by atoms with E-state index in [1.165, 1.54) is 6.07 Å². The van der Waals surface area contributed by atoms with Crippen molar-refractivity contribution >= 4 is 5.69 Å². The predicted molar refractivity (Wildman–Crippen MR) is 104 cm³/mol. The van der Waals surface area contributed by atoms with Crippen LogP contribution in [0.15, 0.2) is 54.8 Å². The molecule has 28 heavy (non-hydrogen) atoms. The molecule has 150 valence electrons. The van der Waals surface area contributed by atoms with E-state index < -0.39 is 11.7 Å². The van der Waals surface area contributed by atoms with Crippen molar-refractivity contribution in [3.05, 3.63) is 66.0 Å². The van der Waals surface area contributed by atoms with Crippen LogP contribution in [0.3, 0.4) is 0 Å². The van der Waals surface area contributed by atoms with E-state index in [1.807, 2.05) is 30.1 Å². The van der Waals surface area contributed by atoms with Crippen LogP contribution in [0.4, 0.5) is 18.9 Å². The van der Waals surface area contributed by atoms with Gasteiger partial charge in [0.2, 0.25) is 0 Å². The molecule has 0 aromatic heterocycles. The number of piperazine rings is 1. The van der Waals surface area contributed by atoms with Gasteiger partial charge in [-0.25, -0.2) is 0 Å². The van der Waals surface area contributed by atoms with Crippen LogP contribution in [0, 0.1) is 11.3 Å². The molecule has 1 fully saturated rings. The second-order valence-electron chi connectivity index (χ2n) is 6.32. The first kappa shape index (κ1) is 21.6. The minimum absolute atomic E-state index is 0.351. The first-order valence-corrected chi connectivity index (χ1v) is 9.06. The van der Waals surface area contributed by atoms with Crippen molar-refractivity contribution in [3.63, 3.8) is 0 Å². The molecule has 7 heteroatoms. The Morgan fingerprint density at radius 3 is 2.57 bits per heavy atom. The van der Waals surface area contributed by atoms with Crippen molar-refractivity contribution < 1.29 is 17.9 Å². The number of hydrogen-bond donors (Lipinski definition) is 0. The van der Waals surface area contributed by atoms with E-state index in [-0.39, 0.29) is 5.56 Å². The Labute approximate surface area is 163 Å². The summed E-state index contributed by atoms with van der Waals surface area (Å²) in [5, 5.41) is 8.91. The van der Waals surface area contributed by atoms with E-state index in [0.29, 0.717) is 31.1 Å². The Kier molecular flexibility index (Phi) is 7.70. The average Bonchev–Trinajstić information content (AvgIpc) is 2.70. The lowest BCUT2D eigenvalue weighted by Gasteiger charge is -2.36. The van der Waals surface area contributed by atoms with Gasteiger partial charge in [-0.3, -0.25) is 4.90 Å². The normalized spacial score (nSPS) is 16.2. The molecule has 1 aromatic rings. The number of nitriles is 1. The molecule has 1 aromatic carbocycles. The fraction of sp³-hybridized carbons (Fsp3) is 0.381. The Morgan fingerprint density at radius 1 is 1.29 bits per heavy atom. The van der Waals surface area contributed by atoms with E-state index in [9.17, 15) is 13.2 Å². The van der Waals surface area contributed by atoms with Gasteiger partial charge < -0.3 is 9.64 Å². The molecular weight excluding hydrogens is 367 g/mol. The molecular formula is C21H24F3N3O. The lowest BCUT2D eigenvalue weighted by molar-refractivity contribution is -0.137. The van der Waals surface area contributed by atoms with E-state index in [2.05, 4.69) is 11.5 Å². The zero-order chi connectivity index (χ0) is 20.6. The van der Waals surface area contributed by atoms with E-state index in [1.54, 1.807) is 18.2 Å². The van der Waals surface area contributed by atoms with Crippen LogP contribution in [0.1, 0.15) is 18.1 Å². The molecule has 4 nitrogen and oxygen atoms in total. The highest BCUT2D eigenvalue weighted by Gasteiger charge is 2.34. The van der Waals surface area contributed by atoms with Gasteiger partial charge >= 0.3 is 6.18 Å². The smallest absolute Gasteiger partial charge is 0.417 e. The third-order valence-corrected chi connectivity index (χ3v) is 4.50. The molecule has 0 spiro atoms. The predicted octanol–water partition coefficient (Wildman–Crippen LogP) is 4.36. The molecule has 1 aliphatic heterocycles. The number of alkyl halides is 3. The summed E-state index contributed by atoms with van der Waals surface area (Å²) in [6, 6.07) is 5.50. The summed E-state index contributed by atoms with van der Waals surface area (Å²) in [5.74, 6) is 0.703. The second kappa shape index (κ2) is 10.00. The van der Waals surface area contributed by atoms with Gasteiger partial charge in [0.1, 0.15) is 12.4 Å². The molecule has 2 rings (SSSR count). The van der Waals surface area contributed by atoms with Crippen LogP contribution in [0.25, 0.3) is 0 Å². The summed E-state index contributed by atoms with van der Waals surface area (Å²) in [6.45, 7) is 9.57. The minimum atomic E-state index is -4.54. The van der Waals surface area contributed by atoms with Gasteiger partial charge in [0.05, 0.1) is 17.2 Å². The molecule has 0 aliphatic carbocycles. The Morgan fingerprint density at radius 2 is 2.00 bits per heavy atom. The van der Waals surface area contributed by atoms with Crippen LogP contribution in [0.2, 0.25) is 0 Å². The topological polar surface area (TPSA) is 39.5 Å². The highest BCUT2D eigenvalue weighted by Crippen LogP contribution is 2.34. The summed E-state index contributed by atoms with van der Waals surface area (Å²) in [7, 11) is 0. The SMILES string of the molecule is C=C/C(=C\C=C/C)OCCN1CCN(c2ccc(C#N)c(C(F)(F)F)c2)CC1. The molecule has 0 amide bonds. The van der Waals surface area contributed by atoms with Crippen LogP contribution in [-0.2, 0) is 10.9 Å². The van der Waals surface area contributed by atoms with Gasteiger partial charge in [0.15, 0.2) is 0 Å². The quantitative estimate of drug-likeness (QED) is 0.511. The molecule has 0 radical (unpaired) electrons. The number of benzene rings is 1. The third-order valence-electron chi connectivity index (χ3n) is 4.50. The van der Waals surface area contributed by atoms with E-state index >= 15 is 0 Å². The molecule has 0 bridgehead atoms. The average molecular weight is 391 g/mol. The lowest BCUT2D eigenvalue weighted by Crippen LogP contribution is -2.47. The summed E-state index contributed by atoms with van der Waals surface area (Å²) < 4.78 is 45.1. The maximum absolute atomic E-state index is 13.1. The van der Waals surface area contributed by atoms with E-state index in [4.69, 9.17) is 10.00 Å². The Bertz CT molecular complexity index is 770. The first-order valence-electron chi connectivity index (χ1n) is 9.06. The maximum Gasteiger partial charge on any atom is 0.417 e. The number of hydrogen-bond acceptors (Lipinski definition) is 4.